The van der Waals surface area contributed by atoms with Gasteiger partial charge in [0.1, 0.15) is 0 Å². The topological polar surface area (TPSA) is 26.3 Å². The maximum absolute atomic E-state index is 12.6. The minimum Gasteiger partial charge on any atom is -0.469 e. The van der Waals surface area contributed by atoms with Gasteiger partial charge in [-0.3, -0.25) is 4.79 Å². The number of benzene rings is 2. The molecular weight excluding hydrogens is 238 g/mol. The largest absolute Gasteiger partial charge is 0.469 e. The molecule has 4 heteroatoms. The van der Waals surface area contributed by atoms with E-state index in [9.17, 15) is 13.6 Å². The lowest BCUT2D eigenvalue weighted by Crippen LogP contribution is -2.04. The van der Waals surface area contributed by atoms with Crippen molar-refractivity contribution in [2.24, 2.45) is 0 Å². The molecule has 0 radical (unpaired) electrons. The number of alkyl halides is 2. The maximum atomic E-state index is 12.6. The van der Waals surface area contributed by atoms with E-state index in [2.05, 4.69) is 4.74 Å². The van der Waals surface area contributed by atoms with Crippen molar-refractivity contribution in [3.63, 3.8) is 0 Å². The molecule has 0 spiro atoms. The van der Waals surface area contributed by atoms with E-state index in [4.69, 9.17) is 0 Å². The molecule has 0 unspecified atom stereocenters. The van der Waals surface area contributed by atoms with Gasteiger partial charge in [0.15, 0.2) is 0 Å². The van der Waals surface area contributed by atoms with Crippen molar-refractivity contribution < 1.29 is 18.3 Å². The lowest BCUT2D eigenvalue weighted by atomic mass is 10.0. The van der Waals surface area contributed by atoms with Gasteiger partial charge < -0.3 is 4.74 Å². The molecule has 0 N–H and O–H groups in total. The Balaban J connectivity index is 2.39. The molecule has 0 aromatic heterocycles. The van der Waals surface area contributed by atoms with E-state index in [1.165, 1.54) is 19.2 Å². The minimum absolute atomic E-state index is 0.0160. The fourth-order valence-corrected chi connectivity index (χ4v) is 1.80. The average molecular weight is 250 g/mol. The summed E-state index contributed by atoms with van der Waals surface area (Å²) in [5, 5.41) is 1.57. The van der Waals surface area contributed by atoms with E-state index in [1.807, 2.05) is 6.07 Å². The van der Waals surface area contributed by atoms with Crippen molar-refractivity contribution in [1.29, 1.82) is 0 Å². The van der Waals surface area contributed by atoms with E-state index in [0.717, 1.165) is 10.9 Å². The second-order valence-electron chi connectivity index (χ2n) is 3.99. The van der Waals surface area contributed by atoms with Gasteiger partial charge in [0.25, 0.3) is 6.43 Å². The molecule has 18 heavy (non-hydrogen) atoms. The molecule has 0 aliphatic carbocycles. The van der Waals surface area contributed by atoms with Gasteiger partial charge in [-0.25, -0.2) is 8.78 Å². The average Bonchev–Trinajstić information content (AvgIpc) is 2.37. The number of fused-ring (bicyclic) bond motifs is 1. The highest BCUT2D eigenvalue weighted by molar-refractivity contribution is 5.85. The lowest BCUT2D eigenvalue weighted by Gasteiger charge is -2.05. The number of carbonyl (C=O) groups excluding carboxylic acids is 1. The third-order valence-electron chi connectivity index (χ3n) is 2.76. The first-order valence-electron chi connectivity index (χ1n) is 5.47. The molecular formula is C14H12F2O2. The summed E-state index contributed by atoms with van der Waals surface area (Å²) in [6, 6.07) is 9.84. The number of methoxy groups -OCH3 is 1. The zero-order chi connectivity index (χ0) is 13.1. The maximum Gasteiger partial charge on any atom is 0.309 e. The van der Waals surface area contributed by atoms with Crippen LogP contribution in [0.3, 0.4) is 0 Å². The second kappa shape index (κ2) is 5.12. The van der Waals surface area contributed by atoms with Gasteiger partial charge in [-0.2, -0.15) is 0 Å². The molecule has 94 valence electrons. The van der Waals surface area contributed by atoms with Crippen molar-refractivity contribution in [1.82, 2.24) is 0 Å². The number of hydrogen-bond donors (Lipinski definition) is 0. The summed E-state index contributed by atoms with van der Waals surface area (Å²) in [6.45, 7) is 0. The molecule has 2 aromatic rings. The summed E-state index contributed by atoms with van der Waals surface area (Å²) in [5.74, 6) is -0.348. The Bertz CT molecular complexity index is 579. The first-order valence-corrected chi connectivity index (χ1v) is 5.47. The van der Waals surface area contributed by atoms with Gasteiger partial charge in [-0.05, 0) is 22.4 Å². The van der Waals surface area contributed by atoms with Crippen LogP contribution in [0.15, 0.2) is 36.4 Å². The molecule has 2 rings (SSSR count). The smallest absolute Gasteiger partial charge is 0.309 e. The lowest BCUT2D eigenvalue weighted by molar-refractivity contribution is -0.139. The molecule has 0 bridgehead atoms. The number of carbonyl (C=O) groups is 1. The van der Waals surface area contributed by atoms with Crippen LogP contribution in [-0.4, -0.2) is 13.1 Å². The standard InChI is InChI=1S/C14H12F2O2/c1-18-13(17)7-9-2-3-10-4-5-11(14(15)16)8-12(10)6-9/h2-6,8,14H,7H2,1H3. The highest BCUT2D eigenvalue weighted by Gasteiger charge is 2.08. The number of esters is 1. The van der Waals surface area contributed by atoms with Crippen molar-refractivity contribution in [2.75, 3.05) is 7.11 Å². The first kappa shape index (κ1) is 12.5. The first-order chi connectivity index (χ1) is 8.60. The van der Waals surface area contributed by atoms with Crippen LogP contribution in [0, 0.1) is 0 Å². The van der Waals surface area contributed by atoms with Crippen molar-refractivity contribution in [3.05, 3.63) is 47.5 Å². The quantitative estimate of drug-likeness (QED) is 0.779. The molecule has 0 fully saturated rings. The highest BCUT2D eigenvalue weighted by Crippen LogP contribution is 2.24. The molecule has 0 aliphatic rings. The SMILES string of the molecule is COC(=O)Cc1ccc2ccc(C(F)F)cc2c1. The van der Waals surface area contributed by atoms with E-state index < -0.39 is 6.43 Å². The van der Waals surface area contributed by atoms with Crippen molar-refractivity contribution in [2.45, 2.75) is 12.8 Å². The Morgan fingerprint density at radius 1 is 1.17 bits per heavy atom. The summed E-state index contributed by atoms with van der Waals surface area (Å²) in [7, 11) is 1.32. The Morgan fingerprint density at radius 3 is 2.56 bits per heavy atom. The minimum atomic E-state index is -2.49. The van der Waals surface area contributed by atoms with Gasteiger partial charge in [-0.15, -0.1) is 0 Å². The van der Waals surface area contributed by atoms with Crippen LogP contribution in [0.2, 0.25) is 0 Å². The van der Waals surface area contributed by atoms with Crippen LogP contribution < -0.4 is 0 Å². The van der Waals surface area contributed by atoms with Gasteiger partial charge in [-0.1, -0.05) is 30.3 Å². The Labute approximate surface area is 103 Å². The summed E-state index contributed by atoms with van der Waals surface area (Å²) in [5.41, 5.74) is 0.735. The zero-order valence-corrected chi connectivity index (χ0v) is 9.82. The third kappa shape index (κ3) is 2.64. The van der Waals surface area contributed by atoms with Crippen molar-refractivity contribution >= 4 is 16.7 Å². The molecule has 0 amide bonds. The summed E-state index contributed by atoms with van der Waals surface area (Å²) in [6.07, 6.45) is -2.34. The number of halogens is 2. The molecule has 0 aliphatic heterocycles. The van der Waals surface area contributed by atoms with E-state index in [1.54, 1.807) is 18.2 Å². The van der Waals surface area contributed by atoms with Crippen LogP contribution in [0.5, 0.6) is 0 Å². The van der Waals surface area contributed by atoms with Crippen LogP contribution in [0.4, 0.5) is 8.78 Å². The summed E-state index contributed by atoms with van der Waals surface area (Å²) < 4.78 is 29.7. The number of ether oxygens (including phenoxy) is 1. The molecule has 0 saturated heterocycles. The molecule has 2 nitrogen and oxygen atoms in total. The van der Waals surface area contributed by atoms with Gasteiger partial charge in [0, 0.05) is 5.56 Å². The Hall–Kier alpha value is -1.97. The normalized spacial score (nSPS) is 10.9. The predicted octanol–water partition coefficient (Wildman–Crippen LogP) is 3.49. The third-order valence-corrected chi connectivity index (χ3v) is 2.76. The highest BCUT2D eigenvalue weighted by atomic mass is 19.3. The van der Waals surface area contributed by atoms with Gasteiger partial charge >= 0.3 is 5.97 Å². The number of hydrogen-bond acceptors (Lipinski definition) is 2. The number of rotatable bonds is 3. The molecule has 0 heterocycles. The monoisotopic (exact) mass is 250 g/mol. The Morgan fingerprint density at radius 2 is 1.89 bits per heavy atom. The fourth-order valence-electron chi connectivity index (χ4n) is 1.80. The van der Waals surface area contributed by atoms with Crippen LogP contribution >= 0.6 is 0 Å². The van der Waals surface area contributed by atoms with Crippen LogP contribution in [-0.2, 0) is 16.0 Å². The van der Waals surface area contributed by atoms with Crippen molar-refractivity contribution in [3.8, 4) is 0 Å². The molecule has 2 aromatic carbocycles. The summed E-state index contributed by atoms with van der Waals surface area (Å²) in [4.78, 5) is 11.2. The van der Waals surface area contributed by atoms with E-state index in [0.29, 0.717) is 5.39 Å². The fraction of sp³-hybridized carbons (Fsp3) is 0.214. The zero-order valence-electron chi connectivity index (χ0n) is 9.82. The molecule has 0 atom stereocenters. The predicted molar refractivity (Wildman–Crippen MR) is 64.6 cm³/mol. The van der Waals surface area contributed by atoms with E-state index in [-0.39, 0.29) is 18.0 Å². The van der Waals surface area contributed by atoms with Gasteiger partial charge in [0.05, 0.1) is 13.5 Å². The second-order valence-corrected chi connectivity index (χ2v) is 3.99. The summed E-state index contributed by atoms with van der Waals surface area (Å²) >= 11 is 0. The molecule has 0 saturated carbocycles. The van der Waals surface area contributed by atoms with E-state index >= 15 is 0 Å². The van der Waals surface area contributed by atoms with Gasteiger partial charge in [0.2, 0.25) is 0 Å². The Kier molecular flexibility index (Phi) is 3.55. The van der Waals surface area contributed by atoms with Crippen LogP contribution in [0.25, 0.3) is 10.8 Å². The van der Waals surface area contributed by atoms with Crippen LogP contribution in [0.1, 0.15) is 17.6 Å².